The van der Waals surface area contributed by atoms with Gasteiger partial charge in [-0.1, -0.05) is 23.2 Å². The molecule has 0 bridgehead atoms. The molecule has 0 unspecified atom stereocenters. The molecular formula is C6H3Cl2NO. The van der Waals surface area contributed by atoms with Crippen molar-refractivity contribution in [2.45, 2.75) is 6.42 Å². The molecule has 0 amide bonds. The zero-order chi connectivity index (χ0) is 7.56. The molecule has 0 aromatic rings. The lowest BCUT2D eigenvalue weighted by Crippen LogP contribution is -1.96. The van der Waals surface area contributed by atoms with E-state index >= 15 is 0 Å². The fourth-order valence-corrected chi connectivity index (χ4v) is 1.12. The summed E-state index contributed by atoms with van der Waals surface area (Å²) in [5, 5.41) is 0.556. The molecule has 1 rings (SSSR count). The summed E-state index contributed by atoms with van der Waals surface area (Å²) in [6.45, 7) is 0. The van der Waals surface area contributed by atoms with Crippen LogP contribution in [0.15, 0.2) is 21.8 Å². The van der Waals surface area contributed by atoms with Crippen molar-refractivity contribution in [3.05, 3.63) is 16.8 Å². The molecule has 1 heterocycles. The Morgan fingerprint density at radius 1 is 1.60 bits per heavy atom. The summed E-state index contributed by atoms with van der Waals surface area (Å²) in [6, 6.07) is 0. The van der Waals surface area contributed by atoms with Crippen molar-refractivity contribution in [1.82, 2.24) is 0 Å². The van der Waals surface area contributed by atoms with Crippen LogP contribution in [0, 0.1) is 0 Å². The smallest absolute Gasteiger partial charge is 0.131 e. The number of nitrogens with zero attached hydrogens (tertiary/aromatic N) is 1. The predicted molar refractivity (Wildman–Crippen MR) is 41.0 cm³/mol. The van der Waals surface area contributed by atoms with Gasteiger partial charge in [0.1, 0.15) is 16.3 Å². The zero-order valence-corrected chi connectivity index (χ0v) is 6.41. The second kappa shape index (κ2) is 3.02. The molecule has 1 aliphatic rings. The third kappa shape index (κ3) is 1.71. The van der Waals surface area contributed by atoms with Gasteiger partial charge in [0, 0.05) is 12.0 Å². The highest BCUT2D eigenvalue weighted by atomic mass is 35.5. The van der Waals surface area contributed by atoms with E-state index in [4.69, 9.17) is 23.2 Å². The minimum atomic E-state index is 0.231. The van der Waals surface area contributed by atoms with Crippen LogP contribution in [0.3, 0.4) is 0 Å². The lowest BCUT2D eigenvalue weighted by atomic mass is 10.2. The maximum absolute atomic E-state index is 10.1. The number of halogens is 2. The molecule has 0 atom stereocenters. The first kappa shape index (κ1) is 7.55. The molecule has 2 nitrogen and oxygen atoms in total. The molecule has 0 fully saturated rings. The van der Waals surface area contributed by atoms with E-state index in [2.05, 4.69) is 4.99 Å². The molecule has 1 aliphatic heterocycles. The Bertz CT molecular complexity index is 261. The second-order valence-corrected chi connectivity index (χ2v) is 2.58. The molecule has 4 heteroatoms. The summed E-state index contributed by atoms with van der Waals surface area (Å²) in [6.07, 6.45) is 1.78. The van der Waals surface area contributed by atoms with Gasteiger partial charge in [-0.25, -0.2) is 9.79 Å². The zero-order valence-electron chi connectivity index (χ0n) is 4.90. The van der Waals surface area contributed by atoms with E-state index in [-0.39, 0.29) is 5.16 Å². The highest BCUT2D eigenvalue weighted by molar-refractivity contribution is 6.66. The molecule has 0 N–H and O–H groups in total. The van der Waals surface area contributed by atoms with Crippen LogP contribution >= 0.6 is 23.2 Å². The lowest BCUT2D eigenvalue weighted by molar-refractivity contribution is 0.567. The Hall–Kier alpha value is -0.560. The van der Waals surface area contributed by atoms with Crippen LogP contribution in [0.25, 0.3) is 0 Å². The van der Waals surface area contributed by atoms with E-state index in [1.54, 1.807) is 5.94 Å². The van der Waals surface area contributed by atoms with E-state index in [0.717, 1.165) is 0 Å². The monoisotopic (exact) mass is 175 g/mol. The van der Waals surface area contributed by atoms with Crippen LogP contribution in [0.1, 0.15) is 6.42 Å². The molecule has 0 aromatic heterocycles. The number of allylic oxidation sites excluding steroid dienone is 2. The number of aliphatic imine (C=N–C) groups is 1. The first-order chi connectivity index (χ1) is 4.72. The van der Waals surface area contributed by atoms with Crippen LogP contribution in [-0.2, 0) is 4.79 Å². The van der Waals surface area contributed by atoms with Gasteiger partial charge in [0.25, 0.3) is 0 Å². The number of rotatable bonds is 0. The normalized spacial score (nSPS) is 17.6. The topological polar surface area (TPSA) is 29.4 Å². The standard InChI is InChI=1S/C6H3Cl2NO/c7-5-1-4(3-10)2-6(8)9-5/h1H,2H2. The third-order valence-electron chi connectivity index (χ3n) is 0.989. The summed E-state index contributed by atoms with van der Waals surface area (Å²) in [7, 11) is 0. The number of carbonyl (C=O) groups excluding carboxylic acids is 1. The van der Waals surface area contributed by atoms with Crippen molar-refractivity contribution in [3.63, 3.8) is 0 Å². The van der Waals surface area contributed by atoms with Gasteiger partial charge in [-0.2, -0.15) is 0 Å². The fourth-order valence-electron chi connectivity index (χ4n) is 0.605. The fraction of sp³-hybridized carbons (Fsp3) is 0.167. The first-order valence-corrected chi connectivity index (χ1v) is 3.32. The van der Waals surface area contributed by atoms with Crippen LogP contribution in [0.5, 0.6) is 0 Å². The SMILES string of the molecule is O=C=C1C=C(Cl)N=C(Cl)C1. The van der Waals surface area contributed by atoms with E-state index < -0.39 is 0 Å². The van der Waals surface area contributed by atoms with E-state index in [0.29, 0.717) is 17.2 Å². The van der Waals surface area contributed by atoms with Gasteiger partial charge in [0.2, 0.25) is 0 Å². The summed E-state index contributed by atoms with van der Waals surface area (Å²) in [4.78, 5) is 13.8. The molecule has 0 aromatic carbocycles. The van der Waals surface area contributed by atoms with Crippen LogP contribution in [0.2, 0.25) is 0 Å². The molecule has 0 saturated heterocycles. The summed E-state index contributed by atoms with van der Waals surface area (Å²) >= 11 is 11.0. The molecule has 52 valence electrons. The Morgan fingerprint density at radius 3 is 2.80 bits per heavy atom. The van der Waals surface area contributed by atoms with Crippen molar-refractivity contribution in [2.24, 2.45) is 4.99 Å². The maximum atomic E-state index is 10.1. The average Bonchev–Trinajstić information content (AvgIpc) is 1.85. The Kier molecular flexibility index (Phi) is 2.28. The van der Waals surface area contributed by atoms with Crippen molar-refractivity contribution in [1.29, 1.82) is 0 Å². The van der Waals surface area contributed by atoms with Crippen molar-refractivity contribution < 1.29 is 4.79 Å². The molecule has 10 heavy (non-hydrogen) atoms. The molecule has 0 saturated carbocycles. The van der Waals surface area contributed by atoms with E-state index in [9.17, 15) is 4.79 Å². The van der Waals surface area contributed by atoms with E-state index in [1.165, 1.54) is 6.08 Å². The van der Waals surface area contributed by atoms with Gasteiger partial charge >= 0.3 is 0 Å². The van der Waals surface area contributed by atoms with Gasteiger partial charge in [0.15, 0.2) is 0 Å². The largest absolute Gasteiger partial charge is 0.233 e. The van der Waals surface area contributed by atoms with Crippen molar-refractivity contribution in [2.75, 3.05) is 0 Å². The average molecular weight is 176 g/mol. The van der Waals surface area contributed by atoms with Crippen molar-refractivity contribution >= 4 is 34.3 Å². The van der Waals surface area contributed by atoms with Crippen LogP contribution < -0.4 is 0 Å². The minimum Gasteiger partial charge on any atom is -0.233 e. The quantitative estimate of drug-likeness (QED) is 0.409. The number of hydrogen-bond donors (Lipinski definition) is 0. The maximum Gasteiger partial charge on any atom is 0.131 e. The highest BCUT2D eigenvalue weighted by Crippen LogP contribution is 2.18. The lowest BCUT2D eigenvalue weighted by Gasteiger charge is -2.01. The molecule has 0 spiro atoms. The Labute approximate surface area is 67.8 Å². The van der Waals surface area contributed by atoms with Gasteiger partial charge in [-0.3, -0.25) is 0 Å². The highest BCUT2D eigenvalue weighted by Gasteiger charge is 2.07. The summed E-state index contributed by atoms with van der Waals surface area (Å²) < 4.78 is 0. The second-order valence-electron chi connectivity index (χ2n) is 1.76. The van der Waals surface area contributed by atoms with Gasteiger partial charge < -0.3 is 0 Å². The summed E-state index contributed by atoms with van der Waals surface area (Å²) in [5.41, 5.74) is 0.435. The van der Waals surface area contributed by atoms with Crippen LogP contribution in [-0.4, -0.2) is 11.1 Å². The van der Waals surface area contributed by atoms with Gasteiger partial charge in [-0.15, -0.1) is 0 Å². The summed E-state index contributed by atoms with van der Waals surface area (Å²) in [5.74, 6) is 1.71. The Balaban J connectivity index is 2.98. The molecular weight excluding hydrogens is 173 g/mol. The molecule has 0 aliphatic carbocycles. The van der Waals surface area contributed by atoms with Crippen molar-refractivity contribution in [3.8, 4) is 0 Å². The molecule has 0 radical (unpaired) electrons. The first-order valence-electron chi connectivity index (χ1n) is 2.56. The van der Waals surface area contributed by atoms with Gasteiger partial charge in [-0.05, 0) is 6.08 Å². The van der Waals surface area contributed by atoms with E-state index in [1.807, 2.05) is 0 Å². The third-order valence-corrected chi connectivity index (χ3v) is 1.40. The van der Waals surface area contributed by atoms with Crippen LogP contribution in [0.4, 0.5) is 0 Å². The minimum absolute atomic E-state index is 0.231. The number of hydrogen-bond acceptors (Lipinski definition) is 2. The van der Waals surface area contributed by atoms with Gasteiger partial charge in [0.05, 0.1) is 0 Å². The predicted octanol–water partition coefficient (Wildman–Crippen LogP) is 1.87. The Morgan fingerprint density at radius 2 is 2.30 bits per heavy atom.